The normalized spacial score (nSPS) is 15.3. The number of carbonyl (C=O) groups excluding carboxylic acids is 3. The van der Waals surface area contributed by atoms with Crippen LogP contribution in [0.1, 0.15) is 44.2 Å². The number of carbonyl (C=O) groups is 3. The second kappa shape index (κ2) is 14.6. The van der Waals surface area contributed by atoms with E-state index < -0.39 is 60.5 Å². The Morgan fingerprint density at radius 1 is 1.07 bits per heavy atom. The van der Waals surface area contributed by atoms with Crippen molar-refractivity contribution in [1.29, 1.82) is 0 Å². The van der Waals surface area contributed by atoms with Gasteiger partial charge in [-0.15, -0.1) is 13.2 Å². The van der Waals surface area contributed by atoms with E-state index in [1.807, 2.05) is 0 Å². The number of hydrogen-bond acceptors (Lipinski definition) is 8. The first-order chi connectivity index (χ1) is 19.5. The predicted octanol–water partition coefficient (Wildman–Crippen LogP) is 2.89. The molecule has 0 spiro atoms. The van der Waals surface area contributed by atoms with Crippen molar-refractivity contribution in [1.82, 2.24) is 5.32 Å². The van der Waals surface area contributed by atoms with Crippen molar-refractivity contribution in [3.8, 4) is 11.5 Å². The first-order valence-electron chi connectivity index (χ1n) is 12.6. The molecule has 2 rings (SSSR count). The maximum atomic E-state index is 13.8. The van der Waals surface area contributed by atoms with Gasteiger partial charge in [0.15, 0.2) is 5.96 Å². The zero-order valence-electron chi connectivity index (χ0n) is 22.6. The van der Waals surface area contributed by atoms with Crippen LogP contribution in [0.3, 0.4) is 0 Å². The number of aryl methyl sites for hydroxylation is 1. The number of halogens is 6. The number of rotatable bonds is 13. The van der Waals surface area contributed by atoms with Gasteiger partial charge < -0.3 is 35.7 Å². The highest BCUT2D eigenvalue weighted by atomic mass is 19.4. The third-order valence-corrected chi connectivity index (χ3v) is 5.52. The molecule has 2 atom stereocenters. The maximum absolute atomic E-state index is 13.8. The van der Waals surface area contributed by atoms with E-state index in [2.05, 4.69) is 15.0 Å². The number of guanidine groups is 1. The second-order valence-electron chi connectivity index (χ2n) is 8.90. The Morgan fingerprint density at radius 2 is 1.74 bits per heavy atom. The van der Waals surface area contributed by atoms with Crippen LogP contribution in [0.25, 0.3) is 6.08 Å². The standard InChI is InChI=1S/C25H30F6N4O7/c1-3-14-10-16(42-25(29,30)31)11-15-12-17(20(24(26,27)28)41-19(14)15)21(37)39-8-5-9-40-22(38)18(35-13(2)36)6-4-7-34-23(32)33/h10-12,18,20H,3-9H2,1-2H3,(H,35,36)(H4,32,33,34)/t18-,20-/m0/s1. The molecule has 1 heterocycles. The smallest absolute Gasteiger partial charge is 0.475 e. The van der Waals surface area contributed by atoms with Crippen molar-refractivity contribution in [3.05, 3.63) is 28.8 Å². The SMILES string of the molecule is CCc1cc(OC(F)(F)F)cc2c1O[C@H](C(F)(F)F)C(C(=O)OCCCOC(=O)[C@H](CCCN=C(N)N)NC(C)=O)=C2. The lowest BCUT2D eigenvalue weighted by Crippen LogP contribution is -2.41. The molecule has 17 heteroatoms. The predicted molar refractivity (Wildman–Crippen MR) is 135 cm³/mol. The van der Waals surface area contributed by atoms with Crippen LogP contribution in [0.2, 0.25) is 0 Å². The molecule has 0 unspecified atom stereocenters. The van der Waals surface area contributed by atoms with Crippen molar-refractivity contribution >= 4 is 29.9 Å². The minimum absolute atomic E-state index is 0.000267. The number of benzene rings is 1. The molecule has 0 radical (unpaired) electrons. The molecule has 1 aromatic rings. The zero-order valence-corrected chi connectivity index (χ0v) is 22.6. The lowest BCUT2D eigenvalue weighted by molar-refractivity contribution is -0.274. The third-order valence-electron chi connectivity index (χ3n) is 5.52. The summed E-state index contributed by atoms with van der Waals surface area (Å²) in [6.07, 6.45) is -11.8. The lowest BCUT2D eigenvalue weighted by Gasteiger charge is -2.29. The Morgan fingerprint density at radius 3 is 2.31 bits per heavy atom. The van der Waals surface area contributed by atoms with E-state index >= 15 is 0 Å². The topological polar surface area (TPSA) is 165 Å². The fraction of sp³-hybridized carbons (Fsp3) is 0.520. The fourth-order valence-electron chi connectivity index (χ4n) is 3.80. The van der Waals surface area contributed by atoms with Gasteiger partial charge in [0.05, 0.1) is 18.8 Å². The number of nitrogens with zero attached hydrogens (tertiary/aromatic N) is 1. The highest BCUT2D eigenvalue weighted by Gasteiger charge is 2.49. The van der Waals surface area contributed by atoms with E-state index in [0.29, 0.717) is 6.42 Å². The zero-order chi connectivity index (χ0) is 31.7. The fourth-order valence-corrected chi connectivity index (χ4v) is 3.80. The van der Waals surface area contributed by atoms with Gasteiger partial charge in [-0.2, -0.15) is 13.2 Å². The molecule has 0 aromatic heterocycles. The molecule has 0 aliphatic carbocycles. The number of fused-ring (bicyclic) bond motifs is 1. The monoisotopic (exact) mass is 612 g/mol. The minimum atomic E-state index is -5.07. The summed E-state index contributed by atoms with van der Waals surface area (Å²) < 4.78 is 98.4. The van der Waals surface area contributed by atoms with Crippen molar-refractivity contribution < 1.29 is 59.7 Å². The van der Waals surface area contributed by atoms with E-state index in [1.165, 1.54) is 13.8 Å². The summed E-state index contributed by atoms with van der Waals surface area (Å²) in [6, 6.07) is 0.679. The van der Waals surface area contributed by atoms with Gasteiger partial charge in [-0.25, -0.2) is 9.59 Å². The Balaban J connectivity index is 2.06. The number of amides is 1. The van der Waals surface area contributed by atoms with Gasteiger partial charge in [0.1, 0.15) is 17.5 Å². The Hall–Kier alpha value is -4.18. The van der Waals surface area contributed by atoms with Crippen LogP contribution in [-0.2, 0) is 30.3 Å². The number of alkyl halides is 6. The Kier molecular flexibility index (Phi) is 11.9. The van der Waals surface area contributed by atoms with Crippen LogP contribution in [0.5, 0.6) is 11.5 Å². The molecule has 1 aliphatic heterocycles. The summed E-state index contributed by atoms with van der Waals surface area (Å²) in [4.78, 5) is 40.1. The van der Waals surface area contributed by atoms with Gasteiger partial charge in [0.2, 0.25) is 12.0 Å². The summed E-state index contributed by atoms with van der Waals surface area (Å²) in [5.74, 6) is -3.93. The number of esters is 2. The van der Waals surface area contributed by atoms with Gasteiger partial charge in [-0.05, 0) is 43.0 Å². The first kappa shape index (κ1) is 34.0. The third kappa shape index (κ3) is 10.7. The summed E-state index contributed by atoms with van der Waals surface area (Å²) in [5, 5.41) is 2.41. The molecule has 11 nitrogen and oxygen atoms in total. The van der Waals surface area contributed by atoms with Gasteiger partial charge in [0.25, 0.3) is 0 Å². The van der Waals surface area contributed by atoms with Crippen molar-refractivity contribution in [3.63, 3.8) is 0 Å². The van der Waals surface area contributed by atoms with Crippen LogP contribution in [-0.4, -0.2) is 68.2 Å². The summed E-state index contributed by atoms with van der Waals surface area (Å²) in [5.41, 5.74) is 9.21. The molecular formula is C25H30F6N4O7. The highest BCUT2D eigenvalue weighted by Crippen LogP contribution is 2.42. The number of ether oxygens (including phenoxy) is 4. The quantitative estimate of drug-likeness (QED) is 0.0999. The van der Waals surface area contributed by atoms with E-state index in [-0.39, 0.29) is 55.3 Å². The molecule has 42 heavy (non-hydrogen) atoms. The molecular weight excluding hydrogens is 582 g/mol. The number of aliphatic imine (C=N–C) groups is 1. The minimum Gasteiger partial charge on any atom is -0.475 e. The van der Waals surface area contributed by atoms with Gasteiger partial charge in [0, 0.05) is 25.5 Å². The lowest BCUT2D eigenvalue weighted by atomic mass is 9.97. The highest BCUT2D eigenvalue weighted by molar-refractivity contribution is 5.96. The summed E-state index contributed by atoms with van der Waals surface area (Å²) in [7, 11) is 0. The second-order valence-corrected chi connectivity index (χ2v) is 8.90. The van der Waals surface area contributed by atoms with Gasteiger partial charge in [-0.1, -0.05) is 6.92 Å². The van der Waals surface area contributed by atoms with Crippen molar-refractivity contribution in [2.45, 2.75) is 64.2 Å². The molecule has 0 saturated heterocycles. The first-order valence-corrected chi connectivity index (χ1v) is 12.6. The van der Waals surface area contributed by atoms with Crippen LogP contribution in [0.15, 0.2) is 22.7 Å². The molecule has 1 amide bonds. The van der Waals surface area contributed by atoms with Crippen molar-refractivity contribution in [2.75, 3.05) is 19.8 Å². The largest absolute Gasteiger partial charge is 0.573 e. The molecule has 5 N–H and O–H groups in total. The molecule has 0 fully saturated rings. The number of nitrogens with one attached hydrogen (secondary N) is 1. The van der Waals surface area contributed by atoms with E-state index in [1.54, 1.807) is 0 Å². The average molecular weight is 613 g/mol. The number of hydrogen-bond donors (Lipinski definition) is 3. The van der Waals surface area contributed by atoms with Gasteiger partial charge in [-0.3, -0.25) is 9.79 Å². The Bertz CT molecular complexity index is 1200. The molecule has 0 bridgehead atoms. The van der Waals surface area contributed by atoms with E-state index in [4.69, 9.17) is 25.7 Å². The van der Waals surface area contributed by atoms with Crippen LogP contribution in [0, 0.1) is 0 Å². The maximum Gasteiger partial charge on any atom is 0.573 e. The van der Waals surface area contributed by atoms with Gasteiger partial charge >= 0.3 is 24.5 Å². The molecule has 1 aliphatic rings. The van der Waals surface area contributed by atoms with E-state index in [0.717, 1.165) is 18.2 Å². The summed E-state index contributed by atoms with van der Waals surface area (Å²) >= 11 is 0. The average Bonchev–Trinajstić information content (AvgIpc) is 2.86. The van der Waals surface area contributed by atoms with Crippen LogP contribution >= 0.6 is 0 Å². The number of nitrogens with two attached hydrogens (primary N) is 2. The Labute approximate surface area is 236 Å². The molecule has 234 valence electrons. The summed E-state index contributed by atoms with van der Waals surface area (Å²) in [6.45, 7) is 2.09. The van der Waals surface area contributed by atoms with Crippen LogP contribution < -0.4 is 26.3 Å². The van der Waals surface area contributed by atoms with Crippen molar-refractivity contribution in [2.24, 2.45) is 16.5 Å². The molecule has 1 aromatic carbocycles. The molecule has 0 saturated carbocycles. The van der Waals surface area contributed by atoms with Crippen LogP contribution in [0.4, 0.5) is 26.3 Å². The van der Waals surface area contributed by atoms with E-state index in [9.17, 15) is 40.7 Å².